The Bertz CT molecular complexity index is 4700. The number of hydrogen-bond donors (Lipinski definition) is 0. The van der Waals surface area contributed by atoms with E-state index in [0.717, 1.165) is 67.3 Å². The molecule has 5 nitrogen and oxygen atoms in total. The van der Waals surface area contributed by atoms with Crippen LogP contribution in [-0.4, -0.2) is 15.8 Å². The van der Waals surface area contributed by atoms with Gasteiger partial charge in [0.2, 0.25) is 0 Å². The number of rotatable bonds is 6. The van der Waals surface area contributed by atoms with E-state index in [2.05, 4.69) is 319 Å². The minimum absolute atomic E-state index is 0.0113. The van der Waals surface area contributed by atoms with E-state index in [1.54, 1.807) is 0 Å². The Morgan fingerprint density at radius 1 is 0.402 bits per heavy atom. The number of benzene rings is 9. The van der Waals surface area contributed by atoms with E-state index in [1.165, 1.54) is 88.7 Å². The fraction of sp³-hybridized carbons (Fsp3) is 0.284. The lowest BCUT2D eigenvalue weighted by Gasteiger charge is -2.37. The summed E-state index contributed by atoms with van der Waals surface area (Å²) in [6, 6.07) is 70.4. The predicted octanol–water partition coefficient (Wildman–Crippen LogP) is 20.4. The van der Waals surface area contributed by atoms with E-state index in [4.69, 9.17) is 4.42 Å². The average Bonchev–Trinajstić information content (AvgIpc) is 1.54. The number of fused-ring (bicyclic) bond motifs is 14. The maximum atomic E-state index is 7.47. The number of nitrogens with zero attached hydrogens (tertiary/aromatic N) is 4. The topological polar surface area (TPSA) is 29.5 Å². The first-order valence-electron chi connectivity index (χ1n) is 31.6. The quantitative estimate of drug-likeness (QED) is 0.155. The van der Waals surface area contributed by atoms with Gasteiger partial charge in [-0.05, 0) is 167 Å². The Morgan fingerprint density at radius 3 is 1.39 bits per heavy atom. The van der Waals surface area contributed by atoms with Gasteiger partial charge in [-0.2, -0.15) is 0 Å². The van der Waals surface area contributed by atoms with Gasteiger partial charge in [0.1, 0.15) is 11.1 Å². The van der Waals surface area contributed by atoms with Crippen LogP contribution in [0.25, 0.3) is 66.5 Å². The van der Waals surface area contributed by atoms with Gasteiger partial charge in [-0.1, -0.05) is 215 Å². The maximum absolute atomic E-state index is 7.47. The molecule has 0 spiro atoms. The highest BCUT2D eigenvalue weighted by molar-refractivity contribution is 7.00. The summed E-state index contributed by atoms with van der Waals surface area (Å²) < 4.78 is 12.8. The van der Waals surface area contributed by atoms with Crippen LogP contribution < -0.4 is 26.2 Å². The molecule has 5 heterocycles. The largest absolute Gasteiger partial charge is 0.454 e. The van der Waals surface area contributed by atoms with Crippen LogP contribution in [0.15, 0.2) is 186 Å². The highest BCUT2D eigenvalue weighted by Crippen LogP contribution is 2.56. The van der Waals surface area contributed by atoms with Crippen molar-refractivity contribution in [3.05, 3.63) is 221 Å². The minimum Gasteiger partial charge on any atom is -0.454 e. The van der Waals surface area contributed by atoms with Gasteiger partial charge in [-0.3, -0.25) is 0 Å². The van der Waals surface area contributed by atoms with Crippen LogP contribution in [0, 0.1) is 0 Å². The van der Waals surface area contributed by atoms with E-state index in [1.807, 2.05) is 0 Å². The van der Waals surface area contributed by atoms with E-state index in [-0.39, 0.29) is 39.2 Å². The third-order valence-electron chi connectivity index (χ3n) is 19.8. The van der Waals surface area contributed by atoms with Crippen LogP contribution in [0.5, 0.6) is 0 Å². The molecule has 9 aromatic carbocycles. The van der Waals surface area contributed by atoms with Crippen molar-refractivity contribution < 1.29 is 4.42 Å². The van der Waals surface area contributed by atoms with E-state index in [0.29, 0.717) is 0 Å². The Kier molecular flexibility index (Phi) is 11.6. The first kappa shape index (κ1) is 55.1. The molecule has 3 aliphatic rings. The number of furan rings is 1. The number of para-hydroxylation sites is 1. The summed E-state index contributed by atoms with van der Waals surface area (Å²) in [7, 11) is 0. The lowest BCUT2D eigenvalue weighted by Crippen LogP contribution is -2.59. The van der Waals surface area contributed by atoms with Gasteiger partial charge >= 0.3 is 0 Å². The Hall–Kier alpha value is -8.48. The SMILES string of the molecule is CC(C)(C)c1ccc(N(c2ccc(C(C)(C)C)cc2)c2cc3c4c(c2)-n2c5c(ccc(N(c6ccc(C(C)(C)C)cc6)c6ccc(C(C)(C)C)cc6)c5c5oc6ccccc6c52)B4c2cc(C(C)(C)C)cc4c5c(n-3c24)-c2ccccc2C5(C)C)cc1. The van der Waals surface area contributed by atoms with Crippen molar-refractivity contribution in [3.63, 3.8) is 0 Å². The molecule has 434 valence electrons. The van der Waals surface area contributed by atoms with Crippen LogP contribution in [0.4, 0.5) is 34.1 Å². The Morgan fingerprint density at radius 2 is 0.874 bits per heavy atom. The van der Waals surface area contributed by atoms with Gasteiger partial charge in [0.05, 0.1) is 28.0 Å². The molecule has 0 saturated heterocycles. The molecule has 12 aromatic rings. The van der Waals surface area contributed by atoms with Crippen molar-refractivity contribution in [2.75, 3.05) is 9.80 Å². The molecule has 0 amide bonds. The second kappa shape index (κ2) is 18.3. The van der Waals surface area contributed by atoms with Gasteiger partial charge in [-0.25, -0.2) is 0 Å². The van der Waals surface area contributed by atoms with Crippen LogP contribution in [0.1, 0.15) is 157 Å². The van der Waals surface area contributed by atoms with Gasteiger partial charge in [0.25, 0.3) is 6.71 Å². The zero-order valence-corrected chi connectivity index (χ0v) is 54.1. The molecule has 0 fully saturated rings. The minimum atomic E-state index is -0.263. The lowest BCUT2D eigenvalue weighted by atomic mass is 9.34. The molecule has 0 bridgehead atoms. The average molecular weight is 1140 g/mol. The fourth-order valence-corrected chi connectivity index (χ4v) is 15.1. The lowest BCUT2D eigenvalue weighted by molar-refractivity contribution is 0.590. The standard InChI is InChI=1S/C81H81BN4O/c1-76(2,3)48-26-34-53(35-27-48)83(54-36-28-49(29-37-54)77(4,5)6)57-46-65-70-66(47-57)86-73-59-23-19-21-25-67(59)87-75(73)68-64(84(55-38-30-50(31-39-55)78(7,8)9)56-40-32-51(33-41-56)79(10,11)12)43-42-62(74(68)86)82(70)63-45-52(80(13,14)15)44-60-69-72(85(65)71(60)63)58-22-18-20-24-61(58)81(69,16)17/h18-47H,1-17H3. The van der Waals surface area contributed by atoms with E-state index in [9.17, 15) is 0 Å². The molecule has 87 heavy (non-hydrogen) atoms. The van der Waals surface area contributed by atoms with Crippen molar-refractivity contribution in [1.82, 2.24) is 9.13 Å². The number of anilines is 6. The van der Waals surface area contributed by atoms with Crippen molar-refractivity contribution in [2.24, 2.45) is 0 Å². The molecule has 0 saturated carbocycles. The van der Waals surface area contributed by atoms with Gasteiger partial charge in [0, 0.05) is 61.4 Å². The molecule has 2 aliphatic heterocycles. The third-order valence-corrected chi connectivity index (χ3v) is 19.8. The monoisotopic (exact) mass is 1140 g/mol. The summed E-state index contributed by atoms with van der Waals surface area (Å²) in [4.78, 5) is 5.01. The molecule has 0 N–H and O–H groups in total. The van der Waals surface area contributed by atoms with Crippen molar-refractivity contribution in [3.8, 4) is 22.6 Å². The molecule has 3 aromatic heterocycles. The summed E-state index contributed by atoms with van der Waals surface area (Å²) in [5.41, 5.74) is 29.7. The summed E-state index contributed by atoms with van der Waals surface area (Å²) in [6.07, 6.45) is 0. The summed E-state index contributed by atoms with van der Waals surface area (Å²) in [5.74, 6) is 0. The van der Waals surface area contributed by atoms with Crippen LogP contribution in [0.2, 0.25) is 0 Å². The van der Waals surface area contributed by atoms with Crippen LogP contribution in [-0.2, 0) is 32.5 Å². The smallest absolute Gasteiger partial charge is 0.252 e. The second-order valence-electron chi connectivity index (χ2n) is 31.1. The maximum Gasteiger partial charge on any atom is 0.252 e. The van der Waals surface area contributed by atoms with Gasteiger partial charge in [-0.15, -0.1) is 0 Å². The molecular formula is C81H81BN4O. The van der Waals surface area contributed by atoms with Crippen molar-refractivity contribution in [1.29, 1.82) is 0 Å². The van der Waals surface area contributed by atoms with E-state index >= 15 is 0 Å². The zero-order valence-electron chi connectivity index (χ0n) is 54.1. The molecule has 1 aliphatic carbocycles. The number of aromatic nitrogens is 2. The third kappa shape index (κ3) is 8.18. The predicted molar refractivity (Wildman–Crippen MR) is 372 cm³/mol. The molecule has 0 radical (unpaired) electrons. The molecule has 15 rings (SSSR count). The summed E-state index contributed by atoms with van der Waals surface area (Å²) in [6.45, 7) is 39.6. The van der Waals surface area contributed by atoms with Crippen molar-refractivity contribution >= 4 is 101 Å². The first-order chi connectivity index (χ1) is 41.1. The molecule has 6 heteroatoms. The van der Waals surface area contributed by atoms with E-state index < -0.39 is 0 Å². The second-order valence-corrected chi connectivity index (χ2v) is 31.1. The van der Waals surface area contributed by atoms with Crippen molar-refractivity contribution in [2.45, 2.75) is 150 Å². The first-order valence-corrected chi connectivity index (χ1v) is 31.6. The Labute approximate surface area is 515 Å². The molecule has 0 unspecified atom stereocenters. The zero-order chi connectivity index (χ0) is 61.0. The van der Waals surface area contributed by atoms with Gasteiger partial charge < -0.3 is 23.4 Å². The molecular weight excluding hydrogens is 1060 g/mol. The van der Waals surface area contributed by atoms with Crippen LogP contribution in [0.3, 0.4) is 0 Å². The molecule has 0 atom stereocenters. The normalized spacial score (nSPS) is 14.3. The highest BCUT2D eigenvalue weighted by atomic mass is 16.3. The Balaban J connectivity index is 1.12. The fourth-order valence-electron chi connectivity index (χ4n) is 15.1. The number of hydrogen-bond acceptors (Lipinski definition) is 3. The van der Waals surface area contributed by atoms with Gasteiger partial charge in [0.15, 0.2) is 5.58 Å². The van der Waals surface area contributed by atoms with Crippen LogP contribution >= 0.6 is 0 Å². The summed E-state index contributed by atoms with van der Waals surface area (Å²) >= 11 is 0. The summed E-state index contributed by atoms with van der Waals surface area (Å²) in [5, 5.41) is 3.54. The highest BCUT2D eigenvalue weighted by Gasteiger charge is 2.48.